The average molecular weight is 417 g/mol. The van der Waals surface area contributed by atoms with Gasteiger partial charge in [0, 0.05) is 6.54 Å². The minimum absolute atomic E-state index is 0.129. The average Bonchev–Trinajstić information content (AvgIpc) is 2.77. The molecule has 0 amide bonds. The molecule has 1 unspecified atom stereocenters. The van der Waals surface area contributed by atoms with E-state index in [-0.39, 0.29) is 11.4 Å². The second-order valence-corrected chi connectivity index (χ2v) is 8.56. The van der Waals surface area contributed by atoms with Crippen molar-refractivity contribution >= 4 is 21.8 Å². The molecular weight excluding hydrogens is 394 g/mol. The molecule has 1 aliphatic rings. The lowest BCUT2D eigenvalue weighted by molar-refractivity contribution is -0.148. The van der Waals surface area contributed by atoms with E-state index in [0.29, 0.717) is 30.6 Å². The number of para-hydroxylation sites is 1. The van der Waals surface area contributed by atoms with E-state index >= 15 is 0 Å². The van der Waals surface area contributed by atoms with Gasteiger partial charge < -0.3 is 9.47 Å². The van der Waals surface area contributed by atoms with Crippen molar-refractivity contribution in [1.82, 2.24) is 4.31 Å². The fourth-order valence-electron chi connectivity index (χ4n) is 3.34. The van der Waals surface area contributed by atoms with Gasteiger partial charge in [0.05, 0.1) is 17.6 Å². The van der Waals surface area contributed by atoms with E-state index in [2.05, 4.69) is 0 Å². The van der Waals surface area contributed by atoms with Gasteiger partial charge in [-0.05, 0) is 43.5 Å². The lowest BCUT2D eigenvalue weighted by atomic mass is 10.1. The molecule has 7 nitrogen and oxygen atoms in total. The maximum atomic E-state index is 13.0. The number of methoxy groups -OCH3 is 1. The minimum Gasteiger partial charge on any atom is -0.496 e. The van der Waals surface area contributed by atoms with Gasteiger partial charge in [0.2, 0.25) is 15.8 Å². The number of piperidine rings is 1. The summed E-state index contributed by atoms with van der Waals surface area (Å²) in [6, 6.07) is 13.7. The highest BCUT2D eigenvalue weighted by atomic mass is 32.2. The molecule has 1 heterocycles. The summed E-state index contributed by atoms with van der Waals surface area (Å²) in [5, 5.41) is 0. The number of rotatable bonds is 7. The zero-order valence-electron chi connectivity index (χ0n) is 16.1. The molecule has 154 valence electrons. The molecule has 1 atom stereocenters. The molecule has 0 aliphatic carbocycles. The number of Topliss-reactive ketones (excluding diaryl/α,β-unsaturated/α-hetero) is 1. The Kier molecular flexibility index (Phi) is 6.66. The summed E-state index contributed by atoms with van der Waals surface area (Å²) in [5.41, 5.74) is 0.306. The van der Waals surface area contributed by atoms with Crippen LogP contribution in [0.1, 0.15) is 29.6 Å². The number of nitrogens with zero attached hydrogens (tertiary/aromatic N) is 1. The third kappa shape index (κ3) is 4.65. The van der Waals surface area contributed by atoms with Crippen molar-refractivity contribution in [2.45, 2.75) is 30.2 Å². The van der Waals surface area contributed by atoms with Crippen molar-refractivity contribution in [2.75, 3.05) is 20.3 Å². The molecule has 0 spiro atoms. The van der Waals surface area contributed by atoms with E-state index in [9.17, 15) is 18.0 Å². The Labute approximate surface area is 170 Å². The second-order valence-electron chi connectivity index (χ2n) is 6.67. The Balaban J connectivity index is 1.72. The highest BCUT2D eigenvalue weighted by molar-refractivity contribution is 7.89. The molecular formula is C21H23NO6S. The molecule has 3 rings (SSSR count). The van der Waals surface area contributed by atoms with Gasteiger partial charge in [0.15, 0.2) is 6.61 Å². The summed E-state index contributed by atoms with van der Waals surface area (Å²) in [7, 11) is -2.38. The van der Waals surface area contributed by atoms with Crippen molar-refractivity contribution in [1.29, 1.82) is 0 Å². The van der Waals surface area contributed by atoms with Crippen molar-refractivity contribution in [2.24, 2.45) is 0 Å². The predicted octanol–water partition coefficient (Wildman–Crippen LogP) is 2.66. The van der Waals surface area contributed by atoms with E-state index in [1.807, 2.05) is 0 Å². The molecule has 0 saturated carbocycles. The first kappa shape index (κ1) is 21.0. The Bertz CT molecular complexity index is 974. The van der Waals surface area contributed by atoms with Crippen molar-refractivity contribution in [3.8, 4) is 5.75 Å². The third-order valence-electron chi connectivity index (χ3n) is 4.83. The smallest absolute Gasteiger partial charge is 0.324 e. The number of hydrogen-bond acceptors (Lipinski definition) is 6. The van der Waals surface area contributed by atoms with Gasteiger partial charge in [-0.25, -0.2) is 8.42 Å². The lowest BCUT2D eigenvalue weighted by Crippen LogP contribution is -2.48. The molecule has 2 aromatic carbocycles. The first-order valence-corrected chi connectivity index (χ1v) is 10.8. The number of carbonyl (C=O) groups is 2. The van der Waals surface area contributed by atoms with E-state index in [1.165, 1.54) is 23.5 Å². The zero-order chi connectivity index (χ0) is 20.9. The van der Waals surface area contributed by atoms with Crippen LogP contribution in [-0.2, 0) is 19.6 Å². The first-order chi connectivity index (χ1) is 13.9. The summed E-state index contributed by atoms with van der Waals surface area (Å²) in [6.45, 7) is -0.244. The Hall–Kier alpha value is -2.71. The van der Waals surface area contributed by atoms with E-state index in [0.717, 1.165) is 0 Å². The number of carbonyl (C=O) groups excluding carboxylic acids is 2. The molecule has 1 saturated heterocycles. The van der Waals surface area contributed by atoms with Crippen LogP contribution in [0.2, 0.25) is 0 Å². The van der Waals surface area contributed by atoms with Crippen LogP contribution in [0.4, 0.5) is 0 Å². The third-order valence-corrected chi connectivity index (χ3v) is 6.75. The molecule has 0 radical (unpaired) electrons. The maximum Gasteiger partial charge on any atom is 0.324 e. The van der Waals surface area contributed by atoms with Gasteiger partial charge in [0.1, 0.15) is 11.8 Å². The number of benzene rings is 2. The van der Waals surface area contributed by atoms with Crippen LogP contribution in [-0.4, -0.2) is 50.8 Å². The van der Waals surface area contributed by atoms with Gasteiger partial charge in [-0.3, -0.25) is 9.59 Å². The number of sulfonamides is 1. The molecule has 0 aromatic heterocycles. The Morgan fingerprint density at radius 2 is 1.72 bits per heavy atom. The number of esters is 1. The SMILES string of the molecule is COc1ccccc1C(=O)COC(=O)C1CCCCN1S(=O)(=O)c1ccccc1. The predicted molar refractivity (Wildman–Crippen MR) is 106 cm³/mol. The van der Waals surface area contributed by atoms with Crippen LogP contribution in [0.15, 0.2) is 59.5 Å². The maximum absolute atomic E-state index is 13.0. The van der Waals surface area contributed by atoms with Crippen LogP contribution in [0.3, 0.4) is 0 Å². The van der Waals surface area contributed by atoms with Crippen LogP contribution in [0.25, 0.3) is 0 Å². The molecule has 2 aromatic rings. The fourth-order valence-corrected chi connectivity index (χ4v) is 5.01. The summed E-state index contributed by atoms with van der Waals surface area (Å²) in [6.07, 6.45) is 1.73. The largest absolute Gasteiger partial charge is 0.496 e. The minimum atomic E-state index is -3.83. The van der Waals surface area contributed by atoms with Crippen LogP contribution in [0.5, 0.6) is 5.75 Å². The van der Waals surface area contributed by atoms with Crippen LogP contribution >= 0.6 is 0 Å². The van der Waals surface area contributed by atoms with E-state index in [1.54, 1.807) is 42.5 Å². The quantitative estimate of drug-likeness (QED) is 0.508. The molecule has 0 bridgehead atoms. The lowest BCUT2D eigenvalue weighted by Gasteiger charge is -2.32. The molecule has 1 aliphatic heterocycles. The van der Waals surface area contributed by atoms with E-state index in [4.69, 9.17) is 9.47 Å². The molecule has 29 heavy (non-hydrogen) atoms. The summed E-state index contributed by atoms with van der Waals surface area (Å²) < 4.78 is 37.5. The summed E-state index contributed by atoms with van der Waals surface area (Å²) in [4.78, 5) is 25.2. The highest BCUT2D eigenvalue weighted by Gasteiger charge is 2.38. The molecule has 8 heteroatoms. The molecule has 1 fully saturated rings. The van der Waals surface area contributed by atoms with Crippen molar-refractivity contribution < 1.29 is 27.5 Å². The van der Waals surface area contributed by atoms with Gasteiger partial charge in [-0.1, -0.05) is 30.3 Å². The molecule has 0 N–H and O–H groups in total. The fraction of sp³-hybridized carbons (Fsp3) is 0.333. The first-order valence-electron chi connectivity index (χ1n) is 9.35. The van der Waals surface area contributed by atoms with Crippen molar-refractivity contribution in [3.63, 3.8) is 0 Å². The summed E-state index contributed by atoms with van der Waals surface area (Å²) in [5.74, 6) is -0.740. The Morgan fingerprint density at radius 1 is 1.03 bits per heavy atom. The number of ketones is 1. The van der Waals surface area contributed by atoms with E-state index < -0.39 is 34.4 Å². The van der Waals surface area contributed by atoms with Crippen LogP contribution < -0.4 is 4.74 Å². The second kappa shape index (κ2) is 9.19. The highest BCUT2D eigenvalue weighted by Crippen LogP contribution is 2.26. The van der Waals surface area contributed by atoms with Gasteiger partial charge >= 0.3 is 5.97 Å². The number of ether oxygens (including phenoxy) is 2. The van der Waals surface area contributed by atoms with Gasteiger partial charge in [-0.2, -0.15) is 4.31 Å². The monoisotopic (exact) mass is 417 g/mol. The van der Waals surface area contributed by atoms with Gasteiger partial charge in [-0.15, -0.1) is 0 Å². The van der Waals surface area contributed by atoms with Gasteiger partial charge in [0.25, 0.3) is 0 Å². The zero-order valence-corrected chi connectivity index (χ0v) is 16.9. The standard InChI is InChI=1S/C21H23NO6S/c1-27-20-13-6-5-11-17(20)19(23)15-28-21(24)18-12-7-8-14-22(18)29(25,26)16-9-3-2-4-10-16/h2-6,9-11,13,18H,7-8,12,14-15H2,1H3. The number of hydrogen-bond donors (Lipinski definition) is 0. The Morgan fingerprint density at radius 3 is 2.45 bits per heavy atom. The van der Waals surface area contributed by atoms with Crippen molar-refractivity contribution in [3.05, 3.63) is 60.2 Å². The normalized spacial score (nSPS) is 17.5. The summed E-state index contributed by atoms with van der Waals surface area (Å²) >= 11 is 0. The topological polar surface area (TPSA) is 90.0 Å². The van der Waals surface area contributed by atoms with Crippen LogP contribution in [0, 0.1) is 0 Å².